The lowest BCUT2D eigenvalue weighted by atomic mass is 9.98. The predicted molar refractivity (Wildman–Crippen MR) is 81.1 cm³/mol. The lowest BCUT2D eigenvalue weighted by molar-refractivity contribution is -0.146. The van der Waals surface area contributed by atoms with Crippen molar-refractivity contribution in [3.8, 4) is 0 Å². The van der Waals surface area contributed by atoms with E-state index in [2.05, 4.69) is 5.32 Å². The van der Waals surface area contributed by atoms with Gasteiger partial charge in [0.25, 0.3) is 0 Å². The zero-order chi connectivity index (χ0) is 15.2. The first kappa shape index (κ1) is 14.4. The highest BCUT2D eigenvalue weighted by Gasteiger charge is 2.49. The van der Waals surface area contributed by atoms with Crippen LogP contribution in [0.3, 0.4) is 0 Å². The Morgan fingerprint density at radius 2 is 2.00 bits per heavy atom. The average Bonchev–Trinajstić information content (AvgIpc) is 3.22. The van der Waals surface area contributed by atoms with Crippen molar-refractivity contribution in [1.82, 2.24) is 10.2 Å². The molecule has 2 atom stereocenters. The lowest BCUT2D eigenvalue weighted by Gasteiger charge is -2.42. The van der Waals surface area contributed by atoms with Gasteiger partial charge >= 0.3 is 0 Å². The molecule has 1 heterocycles. The number of piperazine rings is 1. The van der Waals surface area contributed by atoms with Crippen LogP contribution < -0.4 is 5.32 Å². The summed E-state index contributed by atoms with van der Waals surface area (Å²) in [6.45, 7) is 4.65. The minimum Gasteiger partial charge on any atom is -0.352 e. The van der Waals surface area contributed by atoms with Gasteiger partial charge in [-0.2, -0.15) is 0 Å². The maximum atomic E-state index is 12.7. The number of halogens is 1. The second-order valence-corrected chi connectivity index (χ2v) is 6.95. The quantitative estimate of drug-likeness (QED) is 0.910. The van der Waals surface area contributed by atoms with Crippen LogP contribution in [0.15, 0.2) is 24.3 Å². The van der Waals surface area contributed by atoms with Crippen LogP contribution in [0.2, 0.25) is 5.02 Å². The molecule has 2 aliphatic rings. The largest absolute Gasteiger partial charge is 0.352 e. The van der Waals surface area contributed by atoms with Crippen molar-refractivity contribution in [2.24, 2.45) is 5.92 Å². The fourth-order valence-electron chi connectivity index (χ4n) is 2.95. The maximum absolute atomic E-state index is 12.7. The Balaban J connectivity index is 1.72. The molecule has 4 nitrogen and oxygen atoms in total. The number of hydrogen-bond acceptors (Lipinski definition) is 2. The highest BCUT2D eigenvalue weighted by atomic mass is 35.5. The minimum absolute atomic E-state index is 0.00338. The molecule has 112 valence electrons. The molecule has 1 saturated heterocycles. The molecule has 0 spiro atoms. The van der Waals surface area contributed by atoms with Gasteiger partial charge in [0.1, 0.15) is 6.54 Å². The standard InChI is InChI=1S/C16H19ClN2O2/c1-16(2)9-18-14(20)8-19(16)15(21)13-7-12(13)10-3-5-11(17)6-4-10/h3-6,12-13H,7-9H2,1-2H3,(H,18,20)/t12-,13+/m0/s1. The number of benzene rings is 1. The van der Waals surface area contributed by atoms with Crippen molar-refractivity contribution in [1.29, 1.82) is 0 Å². The third-order valence-electron chi connectivity index (χ3n) is 4.42. The van der Waals surface area contributed by atoms with Crippen molar-refractivity contribution in [3.05, 3.63) is 34.9 Å². The fourth-order valence-corrected chi connectivity index (χ4v) is 3.07. The second kappa shape index (κ2) is 5.02. The maximum Gasteiger partial charge on any atom is 0.239 e. The summed E-state index contributed by atoms with van der Waals surface area (Å²) in [5, 5.41) is 3.52. The van der Waals surface area contributed by atoms with E-state index in [1.807, 2.05) is 38.1 Å². The molecule has 1 aliphatic carbocycles. The summed E-state index contributed by atoms with van der Waals surface area (Å²) < 4.78 is 0. The molecule has 1 N–H and O–H groups in total. The average molecular weight is 307 g/mol. The molecule has 2 fully saturated rings. The third kappa shape index (κ3) is 2.77. The van der Waals surface area contributed by atoms with Gasteiger partial charge in [-0.1, -0.05) is 23.7 Å². The van der Waals surface area contributed by atoms with E-state index in [-0.39, 0.29) is 35.7 Å². The van der Waals surface area contributed by atoms with Gasteiger partial charge in [-0.15, -0.1) is 0 Å². The zero-order valence-electron chi connectivity index (χ0n) is 12.2. The van der Waals surface area contributed by atoms with E-state index in [1.54, 1.807) is 4.90 Å². The first-order chi connectivity index (χ1) is 9.88. The molecule has 5 heteroatoms. The van der Waals surface area contributed by atoms with E-state index in [0.717, 1.165) is 12.0 Å². The van der Waals surface area contributed by atoms with Gasteiger partial charge in [0.15, 0.2) is 0 Å². The number of carbonyl (C=O) groups excluding carboxylic acids is 2. The number of nitrogens with zero attached hydrogens (tertiary/aromatic N) is 1. The first-order valence-corrected chi connectivity index (χ1v) is 7.60. The Bertz CT molecular complexity index is 582. The van der Waals surface area contributed by atoms with E-state index >= 15 is 0 Å². The van der Waals surface area contributed by atoms with Gasteiger partial charge in [-0.05, 0) is 43.9 Å². The van der Waals surface area contributed by atoms with Crippen molar-refractivity contribution in [2.75, 3.05) is 13.1 Å². The van der Waals surface area contributed by atoms with Gasteiger partial charge in [-0.3, -0.25) is 9.59 Å². The summed E-state index contributed by atoms with van der Waals surface area (Å²) >= 11 is 5.89. The van der Waals surface area contributed by atoms with Crippen LogP contribution in [0.5, 0.6) is 0 Å². The van der Waals surface area contributed by atoms with Crippen LogP contribution in [-0.2, 0) is 9.59 Å². The Hall–Kier alpha value is -1.55. The molecule has 0 radical (unpaired) electrons. The highest BCUT2D eigenvalue weighted by molar-refractivity contribution is 6.30. The Labute approximate surface area is 129 Å². The SMILES string of the molecule is CC1(C)CNC(=O)CN1C(=O)[C@@H]1C[C@H]1c1ccc(Cl)cc1. The molecular formula is C16H19ClN2O2. The van der Waals surface area contributed by atoms with Crippen LogP contribution >= 0.6 is 11.6 Å². The predicted octanol–water partition coefficient (Wildman–Crippen LogP) is 2.18. The number of amides is 2. The van der Waals surface area contributed by atoms with Crippen LogP contribution in [0, 0.1) is 5.92 Å². The molecule has 3 rings (SSSR count). The number of nitrogens with one attached hydrogen (secondary N) is 1. The van der Waals surface area contributed by atoms with Crippen LogP contribution in [0.25, 0.3) is 0 Å². The molecule has 1 aliphatic heterocycles. The van der Waals surface area contributed by atoms with E-state index in [0.29, 0.717) is 11.6 Å². The van der Waals surface area contributed by atoms with Gasteiger partial charge in [0.2, 0.25) is 11.8 Å². The van der Waals surface area contributed by atoms with Crippen LogP contribution in [0.1, 0.15) is 31.7 Å². The number of rotatable bonds is 2. The van der Waals surface area contributed by atoms with E-state index in [4.69, 9.17) is 11.6 Å². The van der Waals surface area contributed by atoms with Gasteiger partial charge in [-0.25, -0.2) is 0 Å². The van der Waals surface area contributed by atoms with Gasteiger partial charge in [0, 0.05) is 17.5 Å². The lowest BCUT2D eigenvalue weighted by Crippen LogP contribution is -2.62. The van der Waals surface area contributed by atoms with Crippen molar-refractivity contribution >= 4 is 23.4 Å². The summed E-state index contributed by atoms with van der Waals surface area (Å²) in [6, 6.07) is 7.67. The zero-order valence-corrected chi connectivity index (χ0v) is 13.0. The molecular weight excluding hydrogens is 288 g/mol. The smallest absolute Gasteiger partial charge is 0.239 e. The van der Waals surface area contributed by atoms with E-state index in [1.165, 1.54) is 0 Å². The van der Waals surface area contributed by atoms with E-state index < -0.39 is 0 Å². The third-order valence-corrected chi connectivity index (χ3v) is 4.67. The summed E-state index contributed by atoms with van der Waals surface area (Å²) in [7, 11) is 0. The molecule has 2 amide bonds. The molecule has 0 aromatic heterocycles. The minimum atomic E-state index is -0.321. The highest BCUT2D eigenvalue weighted by Crippen LogP contribution is 2.49. The molecule has 21 heavy (non-hydrogen) atoms. The number of hydrogen-bond donors (Lipinski definition) is 1. The van der Waals surface area contributed by atoms with Crippen LogP contribution in [0.4, 0.5) is 0 Å². The summed E-state index contributed by atoms with van der Waals surface area (Å²) in [5.41, 5.74) is 0.829. The molecule has 1 aromatic carbocycles. The van der Waals surface area contributed by atoms with Gasteiger partial charge in [0.05, 0.1) is 5.54 Å². The normalized spacial score (nSPS) is 27.2. The Kier molecular flexibility index (Phi) is 3.44. The topological polar surface area (TPSA) is 49.4 Å². The fraction of sp³-hybridized carbons (Fsp3) is 0.500. The first-order valence-electron chi connectivity index (χ1n) is 7.22. The summed E-state index contributed by atoms with van der Waals surface area (Å²) in [4.78, 5) is 26.0. The van der Waals surface area contributed by atoms with Crippen molar-refractivity contribution < 1.29 is 9.59 Å². The Morgan fingerprint density at radius 3 is 2.67 bits per heavy atom. The van der Waals surface area contributed by atoms with Crippen LogP contribution in [-0.4, -0.2) is 35.3 Å². The number of carbonyl (C=O) groups is 2. The second-order valence-electron chi connectivity index (χ2n) is 6.51. The Morgan fingerprint density at radius 1 is 1.33 bits per heavy atom. The van der Waals surface area contributed by atoms with E-state index in [9.17, 15) is 9.59 Å². The van der Waals surface area contributed by atoms with Crippen molar-refractivity contribution in [3.63, 3.8) is 0 Å². The summed E-state index contributed by atoms with van der Waals surface area (Å²) in [5.74, 6) is 0.271. The molecule has 1 aromatic rings. The van der Waals surface area contributed by atoms with Gasteiger partial charge < -0.3 is 10.2 Å². The molecule has 1 saturated carbocycles. The van der Waals surface area contributed by atoms with Crippen molar-refractivity contribution in [2.45, 2.75) is 31.7 Å². The molecule has 0 bridgehead atoms. The summed E-state index contributed by atoms with van der Waals surface area (Å²) in [6.07, 6.45) is 0.856. The molecule has 0 unspecified atom stereocenters. The monoisotopic (exact) mass is 306 g/mol.